The van der Waals surface area contributed by atoms with Crippen molar-refractivity contribution in [1.29, 1.82) is 0 Å². The Morgan fingerprint density at radius 3 is 2.50 bits per heavy atom. The molecule has 1 aromatic rings. The second-order valence-corrected chi connectivity index (χ2v) is 5.83. The first-order chi connectivity index (χ1) is 13.3. The predicted octanol–water partition coefficient (Wildman–Crippen LogP) is -2.47. The van der Waals surface area contributed by atoms with Gasteiger partial charge in [0.1, 0.15) is 35.9 Å². The Morgan fingerprint density at radius 1 is 1.21 bits per heavy atom. The van der Waals surface area contributed by atoms with Crippen LogP contribution in [0.3, 0.4) is 0 Å². The molecule has 0 fully saturated rings. The minimum atomic E-state index is -1.78. The lowest BCUT2D eigenvalue weighted by molar-refractivity contribution is -0.115. The zero-order valence-electron chi connectivity index (χ0n) is 14.9. The fourth-order valence-electron chi connectivity index (χ4n) is 2.18. The molecule has 1 amide bonds. The van der Waals surface area contributed by atoms with Crippen LogP contribution in [-0.4, -0.2) is 81.7 Å². The van der Waals surface area contributed by atoms with Gasteiger partial charge in [0.2, 0.25) is 5.96 Å². The molecule has 0 bridgehead atoms. The van der Waals surface area contributed by atoms with Crippen LogP contribution in [0, 0.1) is 0 Å². The Bertz CT molecular complexity index is 763. The van der Waals surface area contributed by atoms with Crippen LogP contribution >= 0.6 is 0 Å². The van der Waals surface area contributed by atoms with E-state index in [9.17, 15) is 25.2 Å². The summed E-state index contributed by atoms with van der Waals surface area (Å²) in [5.41, 5.74) is 3.24. The number of aliphatic hydroxyl groups excluding tert-OH is 5. The van der Waals surface area contributed by atoms with Gasteiger partial charge in [-0.25, -0.2) is 10.4 Å². The molecule has 1 aromatic carbocycles. The molecule has 1 aliphatic heterocycles. The second kappa shape index (κ2) is 9.92. The minimum absolute atomic E-state index is 0.00126. The van der Waals surface area contributed by atoms with Gasteiger partial charge in [-0.05, 0) is 23.8 Å². The van der Waals surface area contributed by atoms with Crippen molar-refractivity contribution >= 4 is 24.2 Å². The first kappa shape index (κ1) is 21.5. The van der Waals surface area contributed by atoms with Gasteiger partial charge in [0.15, 0.2) is 0 Å². The van der Waals surface area contributed by atoms with Gasteiger partial charge in [-0.2, -0.15) is 5.10 Å². The number of amides is 1. The predicted molar refractivity (Wildman–Crippen MR) is 99.3 cm³/mol. The van der Waals surface area contributed by atoms with E-state index in [-0.39, 0.29) is 11.7 Å². The molecule has 2 rings (SSSR count). The first-order valence-corrected chi connectivity index (χ1v) is 8.23. The van der Waals surface area contributed by atoms with E-state index in [1.54, 1.807) is 37.5 Å². The molecule has 152 valence electrons. The first-order valence-electron chi connectivity index (χ1n) is 8.23. The largest absolute Gasteiger partial charge is 0.497 e. The van der Waals surface area contributed by atoms with Crippen molar-refractivity contribution in [3.05, 3.63) is 35.5 Å². The zero-order chi connectivity index (χ0) is 20.7. The van der Waals surface area contributed by atoms with Gasteiger partial charge in [0.25, 0.3) is 5.91 Å². The third kappa shape index (κ3) is 5.58. The fraction of sp³-hybridized carbons (Fsp3) is 0.353. The minimum Gasteiger partial charge on any atom is -0.497 e. The number of hydrogen-bond acceptors (Lipinski definition) is 10. The molecule has 1 heterocycles. The van der Waals surface area contributed by atoms with Crippen molar-refractivity contribution in [3.8, 4) is 5.75 Å². The van der Waals surface area contributed by atoms with Gasteiger partial charge in [-0.3, -0.25) is 10.1 Å². The molecule has 11 heteroatoms. The number of methoxy groups -OCH3 is 1. The van der Waals surface area contributed by atoms with E-state index in [4.69, 9.17) is 9.84 Å². The van der Waals surface area contributed by atoms with Crippen molar-refractivity contribution < 1.29 is 35.1 Å². The summed E-state index contributed by atoms with van der Waals surface area (Å²) >= 11 is 0. The van der Waals surface area contributed by atoms with Gasteiger partial charge >= 0.3 is 0 Å². The number of guanidine groups is 1. The third-order valence-corrected chi connectivity index (χ3v) is 3.79. The highest BCUT2D eigenvalue weighted by atomic mass is 16.5. The van der Waals surface area contributed by atoms with Gasteiger partial charge in [0.05, 0.1) is 19.9 Å². The molecule has 0 aromatic heterocycles. The highest BCUT2D eigenvalue weighted by Crippen LogP contribution is 2.15. The molecule has 11 nitrogen and oxygen atoms in total. The number of carbonyl (C=O) groups excluding carboxylic acids is 1. The highest BCUT2D eigenvalue weighted by molar-refractivity contribution is 6.13. The Morgan fingerprint density at radius 2 is 1.89 bits per heavy atom. The summed E-state index contributed by atoms with van der Waals surface area (Å²) in [7, 11) is 1.55. The summed E-state index contributed by atoms with van der Waals surface area (Å²) in [4.78, 5) is 15.9. The molecular weight excluding hydrogens is 372 g/mol. The second-order valence-electron chi connectivity index (χ2n) is 5.83. The van der Waals surface area contributed by atoms with Crippen LogP contribution in [0.15, 0.2) is 40.1 Å². The van der Waals surface area contributed by atoms with Crippen LogP contribution in [-0.2, 0) is 4.79 Å². The molecule has 4 atom stereocenters. The quantitative estimate of drug-likeness (QED) is 0.144. The Labute approximate surface area is 160 Å². The third-order valence-electron chi connectivity index (χ3n) is 3.79. The summed E-state index contributed by atoms with van der Waals surface area (Å²) in [6, 6.07) is 6.98. The van der Waals surface area contributed by atoms with Crippen LogP contribution in [0.1, 0.15) is 5.56 Å². The molecule has 7 N–H and O–H groups in total. The monoisotopic (exact) mass is 394 g/mol. The van der Waals surface area contributed by atoms with Crippen molar-refractivity contribution in [3.63, 3.8) is 0 Å². The smallest absolute Gasteiger partial charge is 0.276 e. The lowest BCUT2D eigenvalue weighted by atomic mass is 10.0. The highest BCUT2D eigenvalue weighted by Gasteiger charge is 2.29. The molecule has 0 unspecified atom stereocenters. The number of aliphatic imine (C=N–C) groups is 1. The normalized spacial score (nSPS) is 19.9. The van der Waals surface area contributed by atoms with Gasteiger partial charge in [0, 0.05) is 0 Å². The van der Waals surface area contributed by atoms with Crippen molar-refractivity contribution in [1.82, 2.24) is 10.7 Å². The van der Waals surface area contributed by atoms with E-state index in [0.29, 0.717) is 5.75 Å². The molecule has 0 radical (unpaired) electrons. The van der Waals surface area contributed by atoms with Gasteiger partial charge < -0.3 is 30.3 Å². The van der Waals surface area contributed by atoms with Gasteiger partial charge in [-0.15, -0.1) is 0 Å². The van der Waals surface area contributed by atoms with Crippen LogP contribution < -0.4 is 15.5 Å². The number of hydrogen-bond donors (Lipinski definition) is 7. The number of rotatable bonds is 8. The number of carbonyl (C=O) groups is 1. The number of hydrazone groups is 1. The van der Waals surface area contributed by atoms with Crippen molar-refractivity contribution in [2.75, 3.05) is 13.7 Å². The number of nitrogens with zero attached hydrogens (tertiary/aromatic N) is 2. The van der Waals surface area contributed by atoms with Crippen molar-refractivity contribution in [2.24, 2.45) is 10.1 Å². The van der Waals surface area contributed by atoms with E-state index in [1.165, 1.54) is 0 Å². The van der Waals surface area contributed by atoms with Crippen LogP contribution in [0.5, 0.6) is 5.75 Å². The molecule has 0 saturated heterocycles. The number of ether oxygens (including phenoxy) is 1. The zero-order valence-corrected chi connectivity index (χ0v) is 14.9. The van der Waals surface area contributed by atoms with E-state index in [0.717, 1.165) is 11.8 Å². The lowest BCUT2D eigenvalue weighted by Crippen LogP contribution is -2.46. The summed E-state index contributed by atoms with van der Waals surface area (Å²) < 4.78 is 5.06. The number of nitrogens with one attached hydrogen (secondary N) is 2. The fourth-order valence-corrected chi connectivity index (χ4v) is 2.18. The Balaban J connectivity index is 1.97. The topological polar surface area (TPSA) is 176 Å². The van der Waals surface area contributed by atoms with Crippen LogP contribution in [0.4, 0.5) is 0 Å². The molecular formula is C17H22N4O7. The Kier molecular flexibility index (Phi) is 7.61. The SMILES string of the molecule is COc1ccc(/C=C2/N=C(N/N=C/[C@H](O)[C@H](O)[C@H](O)[C@H](O)CO)NC2=O)cc1. The van der Waals surface area contributed by atoms with E-state index in [2.05, 4.69) is 20.8 Å². The molecule has 1 aliphatic rings. The summed E-state index contributed by atoms with van der Waals surface area (Å²) in [5, 5.41) is 52.9. The maximum absolute atomic E-state index is 11.9. The molecule has 0 spiro atoms. The number of aliphatic hydroxyl groups is 5. The van der Waals surface area contributed by atoms with Gasteiger partial charge in [-0.1, -0.05) is 12.1 Å². The number of benzene rings is 1. The summed E-state index contributed by atoms with van der Waals surface area (Å²) in [6.07, 6.45) is -4.41. The summed E-state index contributed by atoms with van der Waals surface area (Å²) in [6.45, 7) is -0.785. The summed E-state index contributed by atoms with van der Waals surface area (Å²) in [5.74, 6) is 0.213. The van der Waals surface area contributed by atoms with Crippen LogP contribution in [0.2, 0.25) is 0 Å². The van der Waals surface area contributed by atoms with E-state index in [1.807, 2.05) is 0 Å². The van der Waals surface area contributed by atoms with Crippen LogP contribution in [0.25, 0.3) is 6.08 Å². The molecule has 0 saturated carbocycles. The maximum atomic E-state index is 11.9. The maximum Gasteiger partial charge on any atom is 0.276 e. The molecule has 0 aliphatic carbocycles. The lowest BCUT2D eigenvalue weighted by Gasteiger charge is -2.23. The standard InChI is InChI=1S/C17H22N4O7/c1-28-10-4-2-9(3-5-10)6-11-16(27)20-17(19-11)21-18-7-12(23)14(25)15(26)13(24)8-22/h2-7,12-15,22-26H,8H2,1H3,(H2,19,20,21,27)/b11-6+,18-7+/t12-,13+,14-,15+/m0/s1. The Hall–Kier alpha value is -2.83. The van der Waals surface area contributed by atoms with Crippen molar-refractivity contribution in [2.45, 2.75) is 24.4 Å². The van der Waals surface area contributed by atoms with E-state index < -0.39 is 36.9 Å². The van der Waals surface area contributed by atoms with E-state index >= 15 is 0 Å². The average molecular weight is 394 g/mol. The molecule has 28 heavy (non-hydrogen) atoms. The average Bonchev–Trinajstić information content (AvgIpc) is 3.05.